The summed E-state index contributed by atoms with van der Waals surface area (Å²) in [6.07, 6.45) is 8.88. The Bertz CT molecular complexity index is 211. The van der Waals surface area contributed by atoms with Gasteiger partial charge in [-0.3, -0.25) is 4.79 Å². The number of hydrogen-bond acceptors (Lipinski definition) is 1. The molecule has 0 fully saturated rings. The maximum atomic E-state index is 10.9. The normalized spacial score (nSPS) is 12.5. The lowest BCUT2D eigenvalue weighted by atomic mass is 9.87. The Morgan fingerprint density at radius 3 is 2.47 bits per heavy atom. The van der Waals surface area contributed by atoms with Crippen LogP contribution in [0.25, 0.3) is 0 Å². The van der Waals surface area contributed by atoms with Gasteiger partial charge in [0.05, 0.1) is 0 Å². The fraction of sp³-hybridized carbons (Fsp3) is 0.800. The molecule has 1 amide bonds. The third kappa shape index (κ3) is 8.96. The SMILES string of the molecule is C=CC(=O)NCCCCCC(CCC)C(C)C. The summed E-state index contributed by atoms with van der Waals surface area (Å²) in [7, 11) is 0. The minimum absolute atomic E-state index is 0.0592. The van der Waals surface area contributed by atoms with Crippen LogP contribution in [0.4, 0.5) is 0 Å². The highest BCUT2D eigenvalue weighted by Crippen LogP contribution is 2.23. The summed E-state index contributed by atoms with van der Waals surface area (Å²) in [5, 5.41) is 2.81. The smallest absolute Gasteiger partial charge is 0.243 e. The highest BCUT2D eigenvalue weighted by Gasteiger charge is 2.11. The summed E-state index contributed by atoms with van der Waals surface area (Å²) in [5.41, 5.74) is 0. The quantitative estimate of drug-likeness (QED) is 0.454. The fourth-order valence-corrected chi connectivity index (χ4v) is 2.17. The molecule has 1 atom stereocenters. The topological polar surface area (TPSA) is 29.1 Å². The molecule has 100 valence electrons. The Morgan fingerprint density at radius 2 is 1.94 bits per heavy atom. The van der Waals surface area contributed by atoms with Gasteiger partial charge in [-0.1, -0.05) is 59.5 Å². The minimum Gasteiger partial charge on any atom is -0.353 e. The Balaban J connectivity index is 3.48. The minimum atomic E-state index is -0.0592. The fourth-order valence-electron chi connectivity index (χ4n) is 2.17. The predicted octanol–water partition coefficient (Wildman–Crippen LogP) is 3.92. The maximum Gasteiger partial charge on any atom is 0.243 e. The molecule has 0 spiro atoms. The van der Waals surface area contributed by atoms with Gasteiger partial charge in [-0.05, 0) is 24.3 Å². The van der Waals surface area contributed by atoms with Crippen molar-refractivity contribution in [1.82, 2.24) is 5.32 Å². The monoisotopic (exact) mass is 239 g/mol. The molecule has 0 bridgehead atoms. The lowest BCUT2D eigenvalue weighted by molar-refractivity contribution is -0.116. The molecule has 0 aromatic carbocycles. The first kappa shape index (κ1) is 16.2. The standard InChI is InChI=1S/C15H29NO/c1-5-10-14(13(3)4)11-8-7-9-12-16-15(17)6-2/h6,13-14H,2,5,7-12H2,1,3-4H3,(H,16,17). The number of nitrogens with one attached hydrogen (secondary N) is 1. The van der Waals surface area contributed by atoms with Crippen LogP contribution in [0.3, 0.4) is 0 Å². The first-order chi connectivity index (χ1) is 8.11. The average molecular weight is 239 g/mol. The summed E-state index contributed by atoms with van der Waals surface area (Å²) < 4.78 is 0. The maximum absolute atomic E-state index is 10.9. The summed E-state index contributed by atoms with van der Waals surface area (Å²) in [6, 6.07) is 0. The van der Waals surface area contributed by atoms with Crippen molar-refractivity contribution >= 4 is 5.91 Å². The predicted molar refractivity (Wildman–Crippen MR) is 74.9 cm³/mol. The van der Waals surface area contributed by atoms with Gasteiger partial charge in [-0.2, -0.15) is 0 Å². The largest absolute Gasteiger partial charge is 0.353 e. The zero-order valence-corrected chi connectivity index (χ0v) is 11.8. The number of rotatable bonds is 10. The van der Waals surface area contributed by atoms with Crippen molar-refractivity contribution in [1.29, 1.82) is 0 Å². The second-order valence-corrected chi connectivity index (χ2v) is 5.14. The van der Waals surface area contributed by atoms with E-state index in [2.05, 4.69) is 32.7 Å². The molecular formula is C15H29NO. The molecule has 0 aromatic heterocycles. The van der Waals surface area contributed by atoms with Gasteiger partial charge in [0, 0.05) is 6.54 Å². The van der Waals surface area contributed by atoms with Crippen molar-refractivity contribution in [2.24, 2.45) is 11.8 Å². The average Bonchev–Trinajstić information content (AvgIpc) is 2.31. The van der Waals surface area contributed by atoms with Gasteiger partial charge in [0.2, 0.25) is 5.91 Å². The Kier molecular flexibility index (Phi) is 9.89. The molecule has 1 N–H and O–H groups in total. The first-order valence-corrected chi connectivity index (χ1v) is 7.02. The number of unbranched alkanes of at least 4 members (excludes halogenated alkanes) is 2. The van der Waals surface area contributed by atoms with E-state index in [1.165, 1.54) is 38.2 Å². The van der Waals surface area contributed by atoms with Crippen LogP contribution in [0.2, 0.25) is 0 Å². The zero-order chi connectivity index (χ0) is 13.1. The van der Waals surface area contributed by atoms with Gasteiger partial charge in [-0.25, -0.2) is 0 Å². The van der Waals surface area contributed by atoms with E-state index in [0.717, 1.165) is 24.8 Å². The molecule has 0 saturated carbocycles. The number of carbonyl (C=O) groups is 1. The highest BCUT2D eigenvalue weighted by molar-refractivity contribution is 5.86. The molecule has 0 saturated heterocycles. The molecule has 0 radical (unpaired) electrons. The van der Waals surface area contributed by atoms with E-state index in [9.17, 15) is 4.79 Å². The van der Waals surface area contributed by atoms with Gasteiger partial charge in [0.15, 0.2) is 0 Å². The van der Waals surface area contributed by atoms with Crippen molar-refractivity contribution in [3.8, 4) is 0 Å². The first-order valence-electron chi connectivity index (χ1n) is 7.02. The van der Waals surface area contributed by atoms with Gasteiger partial charge in [0.25, 0.3) is 0 Å². The van der Waals surface area contributed by atoms with Crippen molar-refractivity contribution < 1.29 is 4.79 Å². The van der Waals surface area contributed by atoms with E-state index in [4.69, 9.17) is 0 Å². The lowest BCUT2D eigenvalue weighted by Gasteiger charge is -2.19. The van der Waals surface area contributed by atoms with Crippen molar-refractivity contribution in [2.45, 2.75) is 59.3 Å². The van der Waals surface area contributed by atoms with Crippen LogP contribution in [0, 0.1) is 11.8 Å². The second-order valence-electron chi connectivity index (χ2n) is 5.14. The Morgan fingerprint density at radius 1 is 1.24 bits per heavy atom. The molecule has 0 aliphatic heterocycles. The molecular weight excluding hydrogens is 210 g/mol. The van der Waals surface area contributed by atoms with Crippen LogP contribution in [0.1, 0.15) is 59.3 Å². The number of carbonyl (C=O) groups excluding carboxylic acids is 1. The van der Waals surface area contributed by atoms with Gasteiger partial charge < -0.3 is 5.32 Å². The van der Waals surface area contributed by atoms with Crippen molar-refractivity contribution in [3.63, 3.8) is 0 Å². The molecule has 0 aliphatic carbocycles. The van der Waals surface area contributed by atoms with E-state index in [-0.39, 0.29) is 5.91 Å². The molecule has 2 nitrogen and oxygen atoms in total. The van der Waals surface area contributed by atoms with Crippen LogP contribution in [-0.4, -0.2) is 12.5 Å². The molecule has 2 heteroatoms. The second kappa shape index (κ2) is 10.4. The molecule has 17 heavy (non-hydrogen) atoms. The summed E-state index contributed by atoms with van der Waals surface area (Å²) in [4.78, 5) is 10.9. The molecule has 0 aliphatic rings. The Hall–Kier alpha value is -0.790. The molecule has 0 aromatic rings. The van der Waals surface area contributed by atoms with Gasteiger partial charge in [0.1, 0.15) is 0 Å². The van der Waals surface area contributed by atoms with Crippen LogP contribution in [0.5, 0.6) is 0 Å². The van der Waals surface area contributed by atoms with Crippen molar-refractivity contribution in [2.75, 3.05) is 6.54 Å². The lowest BCUT2D eigenvalue weighted by Crippen LogP contribution is -2.21. The van der Waals surface area contributed by atoms with Gasteiger partial charge in [-0.15, -0.1) is 0 Å². The van der Waals surface area contributed by atoms with Crippen LogP contribution >= 0.6 is 0 Å². The molecule has 0 rings (SSSR count). The summed E-state index contributed by atoms with van der Waals surface area (Å²) >= 11 is 0. The van der Waals surface area contributed by atoms with Gasteiger partial charge >= 0.3 is 0 Å². The van der Waals surface area contributed by atoms with E-state index in [0.29, 0.717) is 0 Å². The van der Waals surface area contributed by atoms with Crippen LogP contribution in [0.15, 0.2) is 12.7 Å². The summed E-state index contributed by atoms with van der Waals surface area (Å²) in [5.74, 6) is 1.62. The van der Waals surface area contributed by atoms with Crippen LogP contribution in [-0.2, 0) is 4.79 Å². The molecule has 1 unspecified atom stereocenters. The third-order valence-corrected chi connectivity index (χ3v) is 3.34. The highest BCUT2D eigenvalue weighted by atomic mass is 16.1. The third-order valence-electron chi connectivity index (χ3n) is 3.34. The van der Waals surface area contributed by atoms with E-state index in [1.807, 2.05) is 0 Å². The Labute approximate surface area is 107 Å². The van der Waals surface area contributed by atoms with E-state index >= 15 is 0 Å². The zero-order valence-electron chi connectivity index (χ0n) is 11.8. The van der Waals surface area contributed by atoms with E-state index in [1.54, 1.807) is 0 Å². The molecule has 0 heterocycles. The number of amides is 1. The number of hydrogen-bond donors (Lipinski definition) is 1. The summed E-state index contributed by atoms with van der Waals surface area (Å²) in [6.45, 7) is 11.1. The van der Waals surface area contributed by atoms with E-state index < -0.39 is 0 Å². The van der Waals surface area contributed by atoms with Crippen molar-refractivity contribution in [3.05, 3.63) is 12.7 Å². The van der Waals surface area contributed by atoms with Crippen LogP contribution < -0.4 is 5.32 Å².